The summed E-state index contributed by atoms with van der Waals surface area (Å²) in [5, 5.41) is 0. The standard InChI is InChI=1S/C14H19BrF2N2/c1-18(8-10-4-3-7-19(10)2)9-11-13(16)6-5-12(15)14(11)17/h5-6,10H,3-4,7-9H2,1-2H3. The summed E-state index contributed by atoms with van der Waals surface area (Å²) in [5.74, 6) is -0.973. The van der Waals surface area contributed by atoms with Crippen molar-refractivity contribution >= 4 is 15.9 Å². The second-order valence-corrected chi connectivity index (χ2v) is 6.15. The van der Waals surface area contributed by atoms with Gasteiger partial charge in [0.15, 0.2) is 0 Å². The summed E-state index contributed by atoms with van der Waals surface area (Å²) < 4.78 is 27.9. The van der Waals surface area contributed by atoms with Gasteiger partial charge in [-0.3, -0.25) is 0 Å². The van der Waals surface area contributed by atoms with Gasteiger partial charge in [0.25, 0.3) is 0 Å². The average Bonchev–Trinajstić information content (AvgIpc) is 2.76. The molecule has 0 radical (unpaired) electrons. The molecule has 1 aliphatic heterocycles. The summed E-state index contributed by atoms with van der Waals surface area (Å²) in [7, 11) is 4.01. The molecule has 19 heavy (non-hydrogen) atoms. The zero-order chi connectivity index (χ0) is 14.0. The average molecular weight is 333 g/mol. The number of halogens is 3. The Morgan fingerprint density at radius 3 is 2.79 bits per heavy atom. The first kappa shape index (κ1) is 14.9. The van der Waals surface area contributed by atoms with Crippen molar-refractivity contribution in [1.82, 2.24) is 9.80 Å². The molecule has 1 atom stereocenters. The Hall–Kier alpha value is -0.520. The van der Waals surface area contributed by atoms with Crippen LogP contribution in [0.25, 0.3) is 0 Å². The maximum atomic E-state index is 13.9. The molecule has 0 N–H and O–H groups in total. The molecule has 0 amide bonds. The number of likely N-dealkylation sites (N-methyl/N-ethyl adjacent to an activating group) is 2. The third-order valence-electron chi connectivity index (χ3n) is 3.76. The van der Waals surface area contributed by atoms with Crippen LogP contribution in [0, 0.1) is 11.6 Å². The fourth-order valence-corrected chi connectivity index (χ4v) is 2.99. The predicted molar refractivity (Wildman–Crippen MR) is 76.0 cm³/mol. The topological polar surface area (TPSA) is 6.48 Å². The number of benzene rings is 1. The molecule has 5 heteroatoms. The first-order valence-corrected chi connectivity index (χ1v) is 7.29. The third kappa shape index (κ3) is 3.52. The minimum atomic E-state index is -0.494. The molecule has 1 unspecified atom stereocenters. The van der Waals surface area contributed by atoms with Crippen LogP contribution >= 0.6 is 15.9 Å². The van der Waals surface area contributed by atoms with Crippen LogP contribution in [0.3, 0.4) is 0 Å². The highest BCUT2D eigenvalue weighted by molar-refractivity contribution is 9.10. The molecule has 0 saturated carbocycles. The number of hydrogen-bond donors (Lipinski definition) is 0. The summed E-state index contributed by atoms with van der Waals surface area (Å²) in [5.41, 5.74) is 0.137. The van der Waals surface area contributed by atoms with Crippen molar-refractivity contribution in [2.45, 2.75) is 25.4 Å². The summed E-state index contributed by atoms with van der Waals surface area (Å²) in [6, 6.07) is 3.19. The molecule has 0 bridgehead atoms. The van der Waals surface area contributed by atoms with Gasteiger partial charge >= 0.3 is 0 Å². The SMILES string of the molecule is CN(Cc1c(F)ccc(Br)c1F)CC1CCCN1C. The molecule has 0 spiro atoms. The molecule has 1 aromatic rings. The molecule has 106 valence electrons. The Morgan fingerprint density at radius 1 is 1.42 bits per heavy atom. The highest BCUT2D eigenvalue weighted by atomic mass is 79.9. The zero-order valence-electron chi connectivity index (χ0n) is 11.3. The lowest BCUT2D eigenvalue weighted by molar-refractivity contribution is 0.212. The van der Waals surface area contributed by atoms with Crippen LogP contribution in [0.15, 0.2) is 16.6 Å². The lowest BCUT2D eigenvalue weighted by atomic mass is 10.1. The van der Waals surface area contributed by atoms with Gasteiger partial charge in [-0.25, -0.2) is 8.78 Å². The van der Waals surface area contributed by atoms with Gasteiger partial charge in [-0.1, -0.05) is 0 Å². The van der Waals surface area contributed by atoms with E-state index in [0.717, 1.165) is 19.5 Å². The molecule has 0 aliphatic carbocycles. The normalized spacial score (nSPS) is 20.4. The van der Waals surface area contributed by atoms with Crippen molar-refractivity contribution in [2.24, 2.45) is 0 Å². The highest BCUT2D eigenvalue weighted by Gasteiger charge is 2.23. The van der Waals surface area contributed by atoms with Gasteiger partial charge in [0, 0.05) is 24.7 Å². The largest absolute Gasteiger partial charge is 0.302 e. The molecular formula is C14H19BrF2N2. The van der Waals surface area contributed by atoms with Crippen molar-refractivity contribution in [3.05, 3.63) is 33.8 Å². The number of nitrogens with zero attached hydrogens (tertiary/aromatic N) is 2. The van der Waals surface area contributed by atoms with Gasteiger partial charge in [0.05, 0.1) is 4.47 Å². The zero-order valence-corrected chi connectivity index (χ0v) is 12.9. The molecule has 1 saturated heterocycles. The van der Waals surface area contributed by atoms with Crippen molar-refractivity contribution in [3.63, 3.8) is 0 Å². The maximum absolute atomic E-state index is 13.9. The monoisotopic (exact) mass is 332 g/mol. The summed E-state index contributed by atoms with van der Waals surface area (Å²) in [4.78, 5) is 4.30. The minimum Gasteiger partial charge on any atom is -0.302 e. The Bertz CT molecular complexity index is 453. The first-order valence-electron chi connectivity index (χ1n) is 6.50. The third-order valence-corrected chi connectivity index (χ3v) is 4.37. The lowest BCUT2D eigenvalue weighted by Gasteiger charge is -2.26. The van der Waals surface area contributed by atoms with Crippen LogP contribution < -0.4 is 0 Å². The molecule has 1 aromatic carbocycles. The van der Waals surface area contributed by atoms with Crippen LogP contribution in [-0.4, -0.2) is 43.0 Å². The fraction of sp³-hybridized carbons (Fsp3) is 0.571. The van der Waals surface area contributed by atoms with Crippen molar-refractivity contribution in [3.8, 4) is 0 Å². The molecule has 2 nitrogen and oxygen atoms in total. The molecule has 1 aliphatic rings. The Morgan fingerprint density at radius 2 is 2.16 bits per heavy atom. The van der Waals surface area contributed by atoms with E-state index in [4.69, 9.17) is 0 Å². The summed E-state index contributed by atoms with van der Waals surface area (Å²) >= 11 is 3.10. The van der Waals surface area contributed by atoms with E-state index >= 15 is 0 Å². The highest BCUT2D eigenvalue weighted by Crippen LogP contribution is 2.23. The predicted octanol–water partition coefficient (Wildman–Crippen LogP) is 3.25. The number of rotatable bonds is 4. The second kappa shape index (κ2) is 6.29. The molecule has 1 fully saturated rings. The summed E-state index contributed by atoms with van der Waals surface area (Å²) in [6.45, 7) is 2.24. The van der Waals surface area contributed by atoms with Crippen LogP contribution in [0.5, 0.6) is 0 Å². The minimum absolute atomic E-state index is 0.137. The molecular weight excluding hydrogens is 314 g/mol. The van der Waals surface area contributed by atoms with E-state index in [0.29, 0.717) is 17.1 Å². The number of likely N-dealkylation sites (tertiary alicyclic amines) is 1. The van der Waals surface area contributed by atoms with Gasteiger partial charge in [-0.05, 0) is 61.5 Å². The van der Waals surface area contributed by atoms with Crippen LogP contribution in [0.4, 0.5) is 8.78 Å². The quantitative estimate of drug-likeness (QED) is 0.781. The Balaban J connectivity index is 2.02. The smallest absolute Gasteiger partial charge is 0.144 e. The van der Waals surface area contributed by atoms with Gasteiger partial charge in [-0.15, -0.1) is 0 Å². The first-order chi connectivity index (χ1) is 8.99. The number of hydrogen-bond acceptors (Lipinski definition) is 2. The fourth-order valence-electron chi connectivity index (χ4n) is 2.62. The van der Waals surface area contributed by atoms with Crippen LogP contribution in [0.1, 0.15) is 18.4 Å². The van der Waals surface area contributed by atoms with E-state index in [9.17, 15) is 8.78 Å². The molecule has 0 aromatic heterocycles. The van der Waals surface area contributed by atoms with E-state index in [-0.39, 0.29) is 5.56 Å². The van der Waals surface area contributed by atoms with E-state index in [2.05, 4.69) is 27.9 Å². The van der Waals surface area contributed by atoms with Gasteiger partial charge in [0.1, 0.15) is 11.6 Å². The van der Waals surface area contributed by atoms with Crippen LogP contribution in [0.2, 0.25) is 0 Å². The summed E-state index contributed by atoms with van der Waals surface area (Å²) in [6.07, 6.45) is 2.36. The maximum Gasteiger partial charge on any atom is 0.144 e. The van der Waals surface area contributed by atoms with E-state index < -0.39 is 11.6 Å². The Labute approximate surface area is 121 Å². The van der Waals surface area contributed by atoms with Crippen molar-refractivity contribution < 1.29 is 8.78 Å². The second-order valence-electron chi connectivity index (χ2n) is 5.30. The van der Waals surface area contributed by atoms with E-state index in [1.807, 2.05) is 11.9 Å². The van der Waals surface area contributed by atoms with E-state index in [1.165, 1.54) is 18.6 Å². The van der Waals surface area contributed by atoms with Gasteiger partial charge in [0.2, 0.25) is 0 Å². The molecule has 1 heterocycles. The van der Waals surface area contributed by atoms with E-state index in [1.54, 1.807) is 0 Å². The Kier molecular flexibility index (Phi) is 4.92. The molecule has 2 rings (SSSR count). The van der Waals surface area contributed by atoms with Gasteiger partial charge in [-0.2, -0.15) is 0 Å². The van der Waals surface area contributed by atoms with Crippen LogP contribution in [-0.2, 0) is 6.54 Å². The van der Waals surface area contributed by atoms with Gasteiger partial charge < -0.3 is 9.80 Å². The lowest BCUT2D eigenvalue weighted by Crippen LogP contribution is -2.36. The van der Waals surface area contributed by atoms with Crippen molar-refractivity contribution in [1.29, 1.82) is 0 Å². The van der Waals surface area contributed by atoms with Crippen molar-refractivity contribution in [2.75, 3.05) is 27.2 Å².